The minimum Gasteiger partial charge on any atom is -0.497 e. The first-order valence-electron chi connectivity index (χ1n) is 14.5. The lowest BCUT2D eigenvalue weighted by Gasteiger charge is -2.23. The topological polar surface area (TPSA) is 137 Å². The summed E-state index contributed by atoms with van der Waals surface area (Å²) in [6, 6.07) is 15.6. The first-order chi connectivity index (χ1) is 20.6. The third kappa shape index (κ3) is 11.4. The number of amides is 2. The average molecular weight is 593 g/mol. The molecule has 1 aliphatic heterocycles. The number of esters is 2. The van der Waals surface area contributed by atoms with Gasteiger partial charge in [-0.15, -0.1) is 0 Å². The van der Waals surface area contributed by atoms with Crippen molar-refractivity contribution in [2.45, 2.75) is 70.6 Å². The normalized spacial score (nSPS) is 21.3. The van der Waals surface area contributed by atoms with Gasteiger partial charge in [0.25, 0.3) is 0 Å². The molecule has 10 nitrogen and oxygen atoms in total. The maximum atomic E-state index is 13.2. The molecule has 0 bridgehead atoms. The van der Waals surface area contributed by atoms with Crippen LogP contribution in [0.1, 0.15) is 50.7 Å². The number of cyclic esters (lactones) is 2. The molecule has 1 aliphatic rings. The molecule has 0 fully saturated rings. The Hall–Kier alpha value is -4.47. The van der Waals surface area contributed by atoms with Crippen LogP contribution in [0.2, 0.25) is 0 Å². The lowest BCUT2D eigenvalue weighted by Crippen LogP contribution is -2.48. The number of rotatable bonds is 9. The van der Waals surface area contributed by atoms with Crippen molar-refractivity contribution in [3.63, 3.8) is 0 Å². The van der Waals surface area contributed by atoms with Gasteiger partial charge in [0, 0.05) is 25.8 Å². The Labute approximate surface area is 252 Å². The third-order valence-electron chi connectivity index (χ3n) is 6.82. The number of hydrogen-bond acceptors (Lipinski definition) is 8. The monoisotopic (exact) mass is 592 g/mol. The second-order valence-electron chi connectivity index (χ2n) is 10.8. The molecule has 2 aromatic rings. The van der Waals surface area contributed by atoms with Gasteiger partial charge in [0.15, 0.2) is 18.0 Å². The molecule has 2 amide bonds. The molecule has 0 unspecified atom stereocenters. The number of Topliss-reactive ketones (excluding diaryl/α,β-unsaturated/α-hetero) is 1. The Kier molecular flexibility index (Phi) is 12.9. The van der Waals surface area contributed by atoms with Gasteiger partial charge < -0.3 is 24.8 Å². The van der Waals surface area contributed by atoms with Crippen LogP contribution in [0, 0.1) is 5.92 Å². The van der Waals surface area contributed by atoms with Crippen LogP contribution in [-0.4, -0.2) is 61.4 Å². The molecule has 0 radical (unpaired) electrons. The fraction of sp³-hybridized carbons (Fsp3) is 0.424. The molecule has 0 spiro atoms. The van der Waals surface area contributed by atoms with Gasteiger partial charge in [0.05, 0.1) is 13.5 Å². The van der Waals surface area contributed by atoms with Crippen molar-refractivity contribution in [3.8, 4) is 5.75 Å². The van der Waals surface area contributed by atoms with E-state index in [4.69, 9.17) is 14.2 Å². The number of benzene rings is 2. The first-order valence-corrected chi connectivity index (χ1v) is 14.5. The Bertz CT molecular complexity index is 1270. The van der Waals surface area contributed by atoms with Crippen molar-refractivity contribution in [3.05, 3.63) is 77.9 Å². The molecule has 1 heterocycles. The van der Waals surface area contributed by atoms with Crippen molar-refractivity contribution >= 4 is 29.5 Å². The summed E-state index contributed by atoms with van der Waals surface area (Å²) in [6.07, 6.45) is 0.947. The van der Waals surface area contributed by atoms with E-state index in [1.807, 2.05) is 44.2 Å². The molecule has 0 aliphatic carbocycles. The minimum absolute atomic E-state index is 0.00909. The molecule has 2 aromatic carbocycles. The lowest BCUT2D eigenvalue weighted by atomic mass is 10.0. The predicted octanol–water partition coefficient (Wildman–Crippen LogP) is 3.26. The van der Waals surface area contributed by atoms with Crippen LogP contribution in [0.25, 0.3) is 0 Å². The van der Waals surface area contributed by atoms with Crippen LogP contribution in [0.15, 0.2) is 66.7 Å². The zero-order valence-corrected chi connectivity index (χ0v) is 24.9. The summed E-state index contributed by atoms with van der Waals surface area (Å²) in [5.41, 5.74) is 1.74. The van der Waals surface area contributed by atoms with Gasteiger partial charge in [-0.3, -0.25) is 19.2 Å². The van der Waals surface area contributed by atoms with Gasteiger partial charge >= 0.3 is 11.9 Å². The zero-order valence-electron chi connectivity index (χ0n) is 24.9. The fourth-order valence-electron chi connectivity index (χ4n) is 4.51. The standard InChI is InChI=1S/C33H40N2O8/c1-22(2)20-29-33(40)43-28(27(36)17-14-23-8-5-4-6-9-23)10-7-11-30(37)35-26(32(39)34-19-18-31(38)42-29)21-24-12-15-25(41-3)16-13-24/h4-9,11-13,15-16,22,26,28-29H,10,14,17-21H2,1-3H3,(H,34,39)(H,35,37)/b11-7+/t26-,28+,29+/m1/s1. The number of carbonyl (C=O) groups is 5. The minimum atomic E-state index is -1.21. The zero-order chi connectivity index (χ0) is 31.2. The van der Waals surface area contributed by atoms with E-state index in [1.54, 1.807) is 31.4 Å². The highest BCUT2D eigenvalue weighted by Crippen LogP contribution is 2.17. The van der Waals surface area contributed by atoms with Crippen LogP contribution in [0.5, 0.6) is 5.75 Å². The summed E-state index contributed by atoms with van der Waals surface area (Å²) in [5, 5.41) is 5.35. The van der Waals surface area contributed by atoms with Crippen molar-refractivity contribution in [2.75, 3.05) is 13.7 Å². The van der Waals surface area contributed by atoms with E-state index in [0.717, 1.165) is 11.1 Å². The molecule has 0 saturated carbocycles. The summed E-state index contributed by atoms with van der Waals surface area (Å²) >= 11 is 0. The van der Waals surface area contributed by atoms with Crippen LogP contribution in [0.4, 0.5) is 0 Å². The Morgan fingerprint density at radius 3 is 2.37 bits per heavy atom. The van der Waals surface area contributed by atoms with E-state index in [1.165, 1.54) is 12.2 Å². The second kappa shape index (κ2) is 16.8. The van der Waals surface area contributed by atoms with Gasteiger partial charge in [-0.1, -0.05) is 62.4 Å². The average Bonchev–Trinajstić information content (AvgIpc) is 2.98. The number of nitrogens with one attached hydrogen (secondary N) is 2. The maximum Gasteiger partial charge on any atom is 0.348 e. The fourth-order valence-corrected chi connectivity index (χ4v) is 4.51. The lowest BCUT2D eigenvalue weighted by molar-refractivity contribution is -0.174. The molecule has 3 rings (SSSR count). The highest BCUT2D eigenvalue weighted by Gasteiger charge is 2.31. The largest absolute Gasteiger partial charge is 0.497 e. The number of carbonyl (C=O) groups excluding carboxylic acids is 5. The molecule has 2 N–H and O–H groups in total. The number of hydrogen-bond donors (Lipinski definition) is 2. The number of ether oxygens (including phenoxy) is 3. The van der Waals surface area contributed by atoms with E-state index in [-0.39, 0.29) is 50.4 Å². The van der Waals surface area contributed by atoms with Crippen LogP contribution < -0.4 is 15.4 Å². The van der Waals surface area contributed by atoms with Gasteiger partial charge in [-0.05, 0) is 48.1 Å². The Morgan fingerprint density at radius 1 is 0.977 bits per heavy atom. The summed E-state index contributed by atoms with van der Waals surface area (Å²) in [7, 11) is 1.55. The predicted molar refractivity (Wildman–Crippen MR) is 159 cm³/mol. The van der Waals surface area contributed by atoms with E-state index < -0.39 is 42.0 Å². The summed E-state index contributed by atoms with van der Waals surface area (Å²) in [6.45, 7) is 3.67. The van der Waals surface area contributed by atoms with E-state index in [0.29, 0.717) is 12.2 Å². The second-order valence-corrected chi connectivity index (χ2v) is 10.8. The molecule has 43 heavy (non-hydrogen) atoms. The van der Waals surface area contributed by atoms with E-state index >= 15 is 0 Å². The summed E-state index contributed by atoms with van der Waals surface area (Å²) < 4.78 is 16.2. The first kappa shape index (κ1) is 33.0. The van der Waals surface area contributed by atoms with Crippen LogP contribution in [-0.2, 0) is 46.3 Å². The van der Waals surface area contributed by atoms with Gasteiger partial charge in [0.2, 0.25) is 11.8 Å². The van der Waals surface area contributed by atoms with Crippen molar-refractivity contribution in [1.29, 1.82) is 0 Å². The van der Waals surface area contributed by atoms with Crippen LogP contribution in [0.3, 0.4) is 0 Å². The van der Waals surface area contributed by atoms with Gasteiger partial charge in [0.1, 0.15) is 11.8 Å². The van der Waals surface area contributed by atoms with Gasteiger partial charge in [-0.25, -0.2) is 4.79 Å². The smallest absolute Gasteiger partial charge is 0.348 e. The maximum absolute atomic E-state index is 13.2. The SMILES string of the molecule is COc1ccc(C[C@H]2NC(=O)/C=C/C[C@@H](C(=O)CCc3ccccc3)OC(=O)[C@H](CC(C)C)OC(=O)CCNC2=O)cc1. The van der Waals surface area contributed by atoms with Crippen molar-refractivity contribution in [1.82, 2.24) is 10.6 Å². The Morgan fingerprint density at radius 2 is 1.70 bits per heavy atom. The molecule has 10 heteroatoms. The van der Waals surface area contributed by atoms with E-state index in [9.17, 15) is 24.0 Å². The van der Waals surface area contributed by atoms with Crippen LogP contribution >= 0.6 is 0 Å². The van der Waals surface area contributed by atoms with Gasteiger partial charge in [-0.2, -0.15) is 0 Å². The molecular formula is C33H40N2O8. The third-order valence-corrected chi connectivity index (χ3v) is 6.82. The summed E-state index contributed by atoms with van der Waals surface area (Å²) in [4.78, 5) is 64.8. The molecule has 0 aromatic heterocycles. The quantitative estimate of drug-likeness (QED) is 0.424. The van der Waals surface area contributed by atoms with Crippen molar-refractivity contribution in [2.24, 2.45) is 5.92 Å². The molecule has 230 valence electrons. The number of ketones is 1. The molecular weight excluding hydrogens is 552 g/mol. The number of methoxy groups -OCH3 is 1. The number of aryl methyl sites for hydroxylation is 1. The molecule has 3 atom stereocenters. The summed E-state index contributed by atoms with van der Waals surface area (Å²) in [5.74, 6) is -2.24. The highest BCUT2D eigenvalue weighted by molar-refractivity contribution is 5.93. The van der Waals surface area contributed by atoms with E-state index in [2.05, 4.69) is 10.6 Å². The van der Waals surface area contributed by atoms with Crippen molar-refractivity contribution < 1.29 is 38.2 Å². The highest BCUT2D eigenvalue weighted by atomic mass is 16.6. The molecule has 0 saturated heterocycles. The Balaban J connectivity index is 1.81.